The van der Waals surface area contributed by atoms with Gasteiger partial charge in [-0.05, 0) is 18.0 Å². The summed E-state index contributed by atoms with van der Waals surface area (Å²) in [6, 6.07) is 3.19. The fourth-order valence-electron chi connectivity index (χ4n) is 2.41. The summed E-state index contributed by atoms with van der Waals surface area (Å²) >= 11 is 2.90. The third kappa shape index (κ3) is 2.90. The van der Waals surface area contributed by atoms with Crippen LogP contribution >= 0.6 is 22.7 Å². The monoisotopic (exact) mass is 336 g/mol. The summed E-state index contributed by atoms with van der Waals surface area (Å²) in [5.41, 5.74) is 5.91. The highest BCUT2D eigenvalue weighted by Crippen LogP contribution is 2.28. The summed E-state index contributed by atoms with van der Waals surface area (Å²) in [6.07, 6.45) is 0.660. The Morgan fingerprint density at radius 2 is 2.36 bits per heavy atom. The van der Waals surface area contributed by atoms with Crippen LogP contribution in [0.4, 0.5) is 0 Å². The van der Waals surface area contributed by atoms with E-state index >= 15 is 0 Å². The van der Waals surface area contributed by atoms with Gasteiger partial charge in [-0.15, -0.1) is 22.7 Å². The number of thiophene rings is 1. The van der Waals surface area contributed by atoms with E-state index in [9.17, 15) is 9.59 Å². The Bertz CT molecular complexity index is 668. The number of hydrogen-bond acceptors (Lipinski definition) is 6. The Morgan fingerprint density at radius 1 is 1.50 bits per heavy atom. The molecule has 1 aliphatic rings. The van der Waals surface area contributed by atoms with E-state index in [2.05, 4.69) is 10.3 Å². The molecule has 1 unspecified atom stereocenters. The number of rotatable bonds is 4. The maximum Gasteiger partial charge on any atom is 0.274 e. The Kier molecular flexibility index (Phi) is 4.51. The van der Waals surface area contributed by atoms with E-state index in [4.69, 9.17) is 5.73 Å². The molecule has 2 amide bonds. The molecule has 3 N–H and O–H groups in total. The van der Waals surface area contributed by atoms with Crippen LogP contribution in [0.25, 0.3) is 0 Å². The second-order valence-corrected chi connectivity index (χ2v) is 6.79. The van der Waals surface area contributed by atoms with E-state index < -0.39 is 6.04 Å². The van der Waals surface area contributed by atoms with E-state index in [0.717, 1.165) is 9.88 Å². The predicted molar refractivity (Wildman–Crippen MR) is 86.0 cm³/mol. The summed E-state index contributed by atoms with van der Waals surface area (Å²) in [5, 5.41) is 7.32. The van der Waals surface area contributed by atoms with Gasteiger partial charge in [0.1, 0.15) is 11.7 Å². The average molecular weight is 336 g/mol. The molecule has 0 spiro atoms. The first kappa shape index (κ1) is 15.1. The van der Waals surface area contributed by atoms with Crippen LogP contribution in [0.3, 0.4) is 0 Å². The van der Waals surface area contributed by atoms with Gasteiger partial charge in [0.2, 0.25) is 5.91 Å². The zero-order valence-corrected chi connectivity index (χ0v) is 13.5. The van der Waals surface area contributed by atoms with Gasteiger partial charge in [0, 0.05) is 29.8 Å². The van der Waals surface area contributed by atoms with Crippen molar-refractivity contribution in [3.05, 3.63) is 38.5 Å². The topological polar surface area (TPSA) is 88.3 Å². The lowest BCUT2D eigenvalue weighted by atomic mass is 10.1. The van der Waals surface area contributed by atoms with Crippen molar-refractivity contribution in [3.8, 4) is 0 Å². The Labute approximate surface area is 136 Å². The number of thiazole rings is 1. The largest absolute Gasteiger partial charge is 0.352 e. The Hall–Kier alpha value is -1.77. The molecule has 0 aromatic carbocycles. The molecule has 1 saturated heterocycles. The molecule has 6 nitrogen and oxygen atoms in total. The molecule has 1 atom stereocenters. The number of carbonyl (C=O) groups is 2. The van der Waals surface area contributed by atoms with Crippen LogP contribution in [-0.2, 0) is 11.2 Å². The highest BCUT2D eigenvalue weighted by Gasteiger charge is 2.36. The van der Waals surface area contributed by atoms with Crippen molar-refractivity contribution in [1.29, 1.82) is 0 Å². The molecular formula is C14H16N4O2S2. The van der Waals surface area contributed by atoms with Crippen LogP contribution in [0.5, 0.6) is 0 Å². The number of piperazine rings is 1. The van der Waals surface area contributed by atoms with Crippen molar-refractivity contribution in [3.63, 3.8) is 0 Å². The summed E-state index contributed by atoms with van der Waals surface area (Å²) in [5.74, 6) is -0.341. The van der Waals surface area contributed by atoms with Gasteiger partial charge in [0.15, 0.2) is 0 Å². The second kappa shape index (κ2) is 6.55. The summed E-state index contributed by atoms with van der Waals surface area (Å²) in [6.45, 7) is 1.45. The first-order valence-electron chi connectivity index (χ1n) is 6.97. The maximum atomic E-state index is 12.7. The van der Waals surface area contributed by atoms with Crippen molar-refractivity contribution >= 4 is 34.5 Å². The number of hydrogen-bond donors (Lipinski definition) is 2. The molecule has 0 bridgehead atoms. The summed E-state index contributed by atoms with van der Waals surface area (Å²) in [7, 11) is 0. The van der Waals surface area contributed by atoms with Gasteiger partial charge in [-0.1, -0.05) is 6.07 Å². The summed E-state index contributed by atoms with van der Waals surface area (Å²) < 4.78 is 0. The van der Waals surface area contributed by atoms with Crippen LogP contribution in [0.2, 0.25) is 0 Å². The van der Waals surface area contributed by atoms with E-state index in [1.807, 2.05) is 17.5 Å². The van der Waals surface area contributed by atoms with Crippen LogP contribution in [0.1, 0.15) is 26.4 Å². The minimum absolute atomic E-state index is 0.139. The molecule has 3 rings (SSSR count). The van der Waals surface area contributed by atoms with Crippen molar-refractivity contribution in [2.75, 3.05) is 19.6 Å². The first-order chi connectivity index (χ1) is 10.7. The van der Waals surface area contributed by atoms with Gasteiger partial charge in [0.05, 0.1) is 5.01 Å². The van der Waals surface area contributed by atoms with Gasteiger partial charge in [-0.25, -0.2) is 4.98 Å². The van der Waals surface area contributed by atoms with Crippen molar-refractivity contribution in [1.82, 2.24) is 15.2 Å². The highest BCUT2D eigenvalue weighted by molar-refractivity contribution is 7.10. The number of aromatic nitrogens is 1. The van der Waals surface area contributed by atoms with E-state index in [1.165, 1.54) is 22.7 Å². The van der Waals surface area contributed by atoms with Gasteiger partial charge >= 0.3 is 0 Å². The van der Waals surface area contributed by atoms with Gasteiger partial charge in [-0.2, -0.15) is 0 Å². The van der Waals surface area contributed by atoms with E-state index in [0.29, 0.717) is 31.7 Å². The zero-order valence-electron chi connectivity index (χ0n) is 11.8. The second-order valence-electron chi connectivity index (χ2n) is 4.87. The SMILES string of the molecule is NCCc1nc(C(=O)N2CCNC(=O)C2c2cccs2)cs1. The number of amides is 2. The lowest BCUT2D eigenvalue weighted by Gasteiger charge is -2.34. The van der Waals surface area contributed by atoms with E-state index in [1.54, 1.807) is 10.3 Å². The Morgan fingerprint density at radius 3 is 3.09 bits per heavy atom. The quantitative estimate of drug-likeness (QED) is 0.872. The van der Waals surface area contributed by atoms with Crippen LogP contribution in [0, 0.1) is 0 Å². The number of nitrogens with two attached hydrogens (primary N) is 1. The van der Waals surface area contributed by atoms with Crippen LogP contribution in [-0.4, -0.2) is 41.3 Å². The van der Waals surface area contributed by atoms with Gasteiger partial charge in [0.25, 0.3) is 5.91 Å². The number of nitrogens with one attached hydrogen (secondary N) is 1. The minimum atomic E-state index is -0.569. The third-order valence-corrected chi connectivity index (χ3v) is 5.25. The minimum Gasteiger partial charge on any atom is -0.352 e. The lowest BCUT2D eigenvalue weighted by Crippen LogP contribution is -2.52. The van der Waals surface area contributed by atoms with Gasteiger partial charge < -0.3 is 16.0 Å². The molecule has 8 heteroatoms. The fourth-order valence-corrected chi connectivity index (χ4v) is 4.03. The zero-order chi connectivity index (χ0) is 15.5. The van der Waals surface area contributed by atoms with Crippen molar-refractivity contribution in [2.24, 2.45) is 5.73 Å². The average Bonchev–Trinajstić information content (AvgIpc) is 3.18. The molecule has 2 aromatic rings. The van der Waals surface area contributed by atoms with Crippen molar-refractivity contribution < 1.29 is 9.59 Å². The molecule has 0 aliphatic carbocycles. The van der Waals surface area contributed by atoms with Crippen molar-refractivity contribution in [2.45, 2.75) is 12.5 Å². The standard InChI is InChI=1S/C14H16N4O2S2/c15-4-3-11-17-9(8-22-11)14(20)18-6-5-16-13(19)12(18)10-2-1-7-21-10/h1-2,7-8,12H,3-6,15H2,(H,16,19). The molecule has 22 heavy (non-hydrogen) atoms. The maximum absolute atomic E-state index is 12.7. The van der Waals surface area contributed by atoms with Crippen LogP contribution in [0.15, 0.2) is 22.9 Å². The Balaban J connectivity index is 1.86. The molecule has 116 valence electrons. The van der Waals surface area contributed by atoms with Crippen LogP contribution < -0.4 is 11.1 Å². The molecule has 1 fully saturated rings. The number of nitrogens with zero attached hydrogens (tertiary/aromatic N) is 2. The molecule has 1 aliphatic heterocycles. The first-order valence-corrected chi connectivity index (χ1v) is 8.73. The molecule has 0 radical (unpaired) electrons. The third-order valence-electron chi connectivity index (χ3n) is 3.41. The molecular weight excluding hydrogens is 320 g/mol. The molecule has 0 saturated carbocycles. The lowest BCUT2D eigenvalue weighted by molar-refractivity contribution is -0.127. The van der Waals surface area contributed by atoms with Gasteiger partial charge in [-0.3, -0.25) is 9.59 Å². The molecule has 3 heterocycles. The summed E-state index contributed by atoms with van der Waals surface area (Å²) in [4.78, 5) is 31.7. The fraction of sp³-hybridized carbons (Fsp3) is 0.357. The molecule has 2 aromatic heterocycles. The highest BCUT2D eigenvalue weighted by atomic mass is 32.1. The predicted octanol–water partition coefficient (Wildman–Crippen LogP) is 1.02. The van der Waals surface area contributed by atoms with E-state index in [-0.39, 0.29) is 11.8 Å². The number of carbonyl (C=O) groups excluding carboxylic acids is 2. The normalized spacial score (nSPS) is 18.3. The smallest absolute Gasteiger partial charge is 0.274 e.